The maximum Gasteiger partial charge on any atom is 0.129 e. The predicted octanol–water partition coefficient (Wildman–Crippen LogP) is 0.0869. The third-order valence-corrected chi connectivity index (χ3v) is 3.05. The second-order valence-corrected chi connectivity index (χ2v) is 4.31. The lowest BCUT2D eigenvalue weighted by Crippen LogP contribution is -2.24. The van der Waals surface area contributed by atoms with Crippen molar-refractivity contribution in [3.8, 4) is 0 Å². The Bertz CT molecular complexity index is 390. The topological polar surface area (TPSA) is 55.7 Å². The molecule has 0 bridgehead atoms. The molecule has 0 saturated carbocycles. The summed E-state index contributed by atoms with van der Waals surface area (Å²) in [6.45, 7) is 1.09. The van der Waals surface area contributed by atoms with E-state index in [1.165, 1.54) is 6.07 Å². The lowest BCUT2D eigenvalue weighted by atomic mass is 10.1. The molecule has 5 heteroatoms. The summed E-state index contributed by atoms with van der Waals surface area (Å²) >= 11 is 0. The number of nitrogens with zero attached hydrogens (tertiary/aromatic N) is 1. The van der Waals surface area contributed by atoms with E-state index in [0.29, 0.717) is 25.2 Å². The summed E-state index contributed by atoms with van der Waals surface area (Å²) in [5.41, 5.74) is 1.30. The van der Waals surface area contributed by atoms with Crippen molar-refractivity contribution in [2.45, 2.75) is 18.8 Å². The summed E-state index contributed by atoms with van der Waals surface area (Å²) in [6.07, 6.45) is -1.53. The molecule has 1 heterocycles. The van der Waals surface area contributed by atoms with Gasteiger partial charge in [-0.05, 0) is 19.2 Å². The first kappa shape index (κ1) is 12.3. The lowest BCUT2D eigenvalue weighted by Gasteiger charge is -2.21. The van der Waals surface area contributed by atoms with Gasteiger partial charge < -0.3 is 20.4 Å². The van der Waals surface area contributed by atoms with E-state index in [0.717, 1.165) is 5.69 Å². The molecule has 0 aromatic heterocycles. The van der Waals surface area contributed by atoms with Crippen molar-refractivity contribution in [1.82, 2.24) is 5.32 Å². The fourth-order valence-corrected chi connectivity index (χ4v) is 2.16. The number of hydrogen-bond acceptors (Lipinski definition) is 4. The van der Waals surface area contributed by atoms with Crippen LogP contribution in [0.1, 0.15) is 5.56 Å². The average molecular weight is 240 g/mol. The van der Waals surface area contributed by atoms with E-state index in [1.54, 1.807) is 19.2 Å². The minimum absolute atomic E-state index is 0.271. The molecular weight excluding hydrogens is 223 g/mol. The summed E-state index contributed by atoms with van der Waals surface area (Å²) in [5.74, 6) is -0.271. The molecule has 0 spiro atoms. The van der Waals surface area contributed by atoms with Crippen molar-refractivity contribution in [1.29, 1.82) is 0 Å². The number of nitrogens with one attached hydrogen (secondary N) is 1. The maximum atomic E-state index is 13.7. The van der Waals surface area contributed by atoms with Crippen LogP contribution in [0.2, 0.25) is 0 Å². The van der Waals surface area contributed by atoms with Gasteiger partial charge in [0.05, 0.1) is 12.2 Å². The fourth-order valence-electron chi connectivity index (χ4n) is 2.16. The molecule has 1 aliphatic rings. The normalized spacial score (nSPS) is 24.4. The zero-order valence-corrected chi connectivity index (χ0v) is 9.73. The van der Waals surface area contributed by atoms with Crippen LogP contribution in [0.15, 0.2) is 18.2 Å². The van der Waals surface area contributed by atoms with Crippen LogP contribution < -0.4 is 10.2 Å². The molecule has 1 fully saturated rings. The molecule has 1 aromatic carbocycles. The van der Waals surface area contributed by atoms with E-state index in [4.69, 9.17) is 0 Å². The van der Waals surface area contributed by atoms with Crippen LogP contribution >= 0.6 is 0 Å². The quantitative estimate of drug-likeness (QED) is 0.701. The molecule has 2 atom stereocenters. The van der Waals surface area contributed by atoms with Gasteiger partial charge in [-0.25, -0.2) is 4.39 Å². The first-order chi connectivity index (χ1) is 8.13. The number of hydrogen-bond donors (Lipinski definition) is 3. The van der Waals surface area contributed by atoms with Gasteiger partial charge in [-0.3, -0.25) is 0 Å². The zero-order chi connectivity index (χ0) is 12.4. The Hall–Kier alpha value is -1.17. The van der Waals surface area contributed by atoms with Gasteiger partial charge >= 0.3 is 0 Å². The van der Waals surface area contributed by atoms with Crippen LogP contribution in [-0.4, -0.2) is 42.6 Å². The molecule has 17 heavy (non-hydrogen) atoms. The Morgan fingerprint density at radius 2 is 2.00 bits per heavy atom. The van der Waals surface area contributed by atoms with E-state index >= 15 is 0 Å². The molecule has 2 unspecified atom stereocenters. The molecule has 0 radical (unpaired) electrons. The Kier molecular flexibility index (Phi) is 3.61. The predicted molar refractivity (Wildman–Crippen MR) is 63.4 cm³/mol. The first-order valence-electron chi connectivity index (χ1n) is 5.66. The van der Waals surface area contributed by atoms with E-state index in [2.05, 4.69) is 5.32 Å². The number of benzene rings is 1. The van der Waals surface area contributed by atoms with Crippen LogP contribution in [0, 0.1) is 5.82 Å². The number of aliphatic hydroxyl groups excluding tert-OH is 2. The van der Waals surface area contributed by atoms with Crippen LogP contribution in [0.3, 0.4) is 0 Å². The van der Waals surface area contributed by atoms with Crippen LogP contribution in [0.25, 0.3) is 0 Å². The highest BCUT2D eigenvalue weighted by Crippen LogP contribution is 2.26. The molecular formula is C12H17FN2O2. The van der Waals surface area contributed by atoms with Gasteiger partial charge in [-0.2, -0.15) is 0 Å². The Morgan fingerprint density at radius 3 is 2.59 bits per heavy atom. The highest BCUT2D eigenvalue weighted by molar-refractivity contribution is 5.55. The highest BCUT2D eigenvalue weighted by Gasteiger charge is 2.30. The lowest BCUT2D eigenvalue weighted by molar-refractivity contribution is 0.0572. The Labute approximate surface area is 99.7 Å². The van der Waals surface area contributed by atoms with Crippen LogP contribution in [0.4, 0.5) is 10.1 Å². The molecule has 2 rings (SSSR count). The maximum absolute atomic E-state index is 13.7. The SMILES string of the molecule is CNCc1c(F)cccc1N1CC(O)C(O)C1. The summed E-state index contributed by atoms with van der Waals surface area (Å²) in [6, 6.07) is 4.86. The number of halogens is 1. The van der Waals surface area contributed by atoms with E-state index in [9.17, 15) is 14.6 Å². The third kappa shape index (κ3) is 2.41. The van der Waals surface area contributed by atoms with Gasteiger partial charge in [0.1, 0.15) is 5.82 Å². The number of aliphatic hydroxyl groups is 2. The van der Waals surface area contributed by atoms with Crippen molar-refractivity contribution in [3.63, 3.8) is 0 Å². The van der Waals surface area contributed by atoms with Crippen molar-refractivity contribution in [2.75, 3.05) is 25.0 Å². The zero-order valence-electron chi connectivity index (χ0n) is 9.73. The second kappa shape index (κ2) is 5.00. The van der Waals surface area contributed by atoms with Crippen molar-refractivity contribution >= 4 is 5.69 Å². The highest BCUT2D eigenvalue weighted by atomic mass is 19.1. The van der Waals surface area contributed by atoms with Crippen molar-refractivity contribution < 1.29 is 14.6 Å². The summed E-state index contributed by atoms with van der Waals surface area (Å²) in [7, 11) is 1.75. The molecule has 94 valence electrons. The molecule has 1 aromatic rings. The number of rotatable bonds is 3. The minimum atomic E-state index is -0.763. The van der Waals surface area contributed by atoms with Gasteiger partial charge in [0.2, 0.25) is 0 Å². The molecule has 0 aliphatic carbocycles. The Morgan fingerprint density at radius 1 is 1.35 bits per heavy atom. The van der Waals surface area contributed by atoms with E-state index in [-0.39, 0.29) is 5.82 Å². The number of β-amino-alcohol motifs (C(OH)–C–C–N with tert-alkyl or cyclic N) is 2. The third-order valence-electron chi connectivity index (χ3n) is 3.05. The summed E-state index contributed by atoms with van der Waals surface area (Å²) in [5, 5.41) is 22.0. The standard InChI is InChI=1S/C12H17FN2O2/c1-14-5-8-9(13)3-2-4-10(8)15-6-11(16)12(17)7-15/h2-4,11-12,14,16-17H,5-7H2,1H3. The number of anilines is 1. The largest absolute Gasteiger partial charge is 0.389 e. The summed E-state index contributed by atoms with van der Waals surface area (Å²) in [4.78, 5) is 1.81. The first-order valence-corrected chi connectivity index (χ1v) is 5.66. The van der Waals surface area contributed by atoms with Crippen LogP contribution in [0.5, 0.6) is 0 Å². The van der Waals surface area contributed by atoms with Gasteiger partial charge in [-0.15, -0.1) is 0 Å². The minimum Gasteiger partial charge on any atom is -0.389 e. The van der Waals surface area contributed by atoms with Crippen molar-refractivity contribution in [3.05, 3.63) is 29.6 Å². The van der Waals surface area contributed by atoms with Gasteiger partial charge in [-0.1, -0.05) is 6.07 Å². The second-order valence-electron chi connectivity index (χ2n) is 4.31. The van der Waals surface area contributed by atoms with Crippen LogP contribution in [-0.2, 0) is 6.54 Å². The monoisotopic (exact) mass is 240 g/mol. The van der Waals surface area contributed by atoms with Gasteiger partial charge in [0.15, 0.2) is 0 Å². The molecule has 4 nitrogen and oxygen atoms in total. The van der Waals surface area contributed by atoms with Gasteiger partial charge in [0, 0.05) is 30.9 Å². The molecule has 1 saturated heterocycles. The Balaban J connectivity index is 2.29. The average Bonchev–Trinajstić information content (AvgIpc) is 2.62. The van der Waals surface area contributed by atoms with E-state index in [1.807, 2.05) is 4.90 Å². The van der Waals surface area contributed by atoms with Gasteiger partial charge in [0.25, 0.3) is 0 Å². The molecule has 0 amide bonds. The molecule has 3 N–H and O–H groups in total. The van der Waals surface area contributed by atoms with Crippen molar-refractivity contribution in [2.24, 2.45) is 0 Å². The fraction of sp³-hybridized carbons (Fsp3) is 0.500. The smallest absolute Gasteiger partial charge is 0.129 e. The summed E-state index contributed by atoms with van der Waals surface area (Å²) < 4.78 is 13.7. The molecule has 1 aliphatic heterocycles. The van der Waals surface area contributed by atoms with E-state index < -0.39 is 12.2 Å².